The molecule has 2 aromatic rings. The highest BCUT2D eigenvalue weighted by Gasteiger charge is 2.30. The highest BCUT2D eigenvalue weighted by molar-refractivity contribution is 7.88. The molecule has 7 heteroatoms. The molecule has 0 aliphatic carbocycles. The molecule has 1 fully saturated rings. The minimum Gasteiger partial charge on any atom is -0.446 e. The number of benzene rings is 2. The smallest absolute Gasteiger partial charge is 0.410 e. The molecule has 2 atom stereocenters. The van der Waals surface area contributed by atoms with Crippen LogP contribution in [0.5, 0.6) is 0 Å². The predicted molar refractivity (Wildman–Crippen MR) is 141 cm³/mol. The molecule has 1 amide bonds. The van der Waals surface area contributed by atoms with E-state index >= 15 is 0 Å². The normalized spacial score (nSPS) is 16.7. The van der Waals surface area contributed by atoms with Crippen molar-refractivity contribution in [2.75, 3.05) is 12.8 Å². The van der Waals surface area contributed by atoms with Gasteiger partial charge in [-0.25, -0.2) is 13.2 Å². The fraction of sp³-hybridized carbons (Fsp3) is 0.393. The lowest BCUT2D eigenvalue weighted by Crippen LogP contribution is -2.43. The van der Waals surface area contributed by atoms with Crippen molar-refractivity contribution in [3.05, 3.63) is 83.9 Å². The summed E-state index contributed by atoms with van der Waals surface area (Å²) >= 11 is 0. The number of carbonyl (C=O) groups excluding carboxylic acids is 1. The number of carbonyl (C=O) groups is 1. The summed E-state index contributed by atoms with van der Waals surface area (Å²) < 4.78 is 30.8. The quantitative estimate of drug-likeness (QED) is 0.436. The second-order valence-electron chi connectivity index (χ2n) is 9.35. The van der Waals surface area contributed by atoms with Gasteiger partial charge in [0.2, 0.25) is 10.0 Å². The van der Waals surface area contributed by atoms with Gasteiger partial charge in [-0.2, -0.15) is 4.72 Å². The molecule has 2 unspecified atom stereocenters. The van der Waals surface area contributed by atoms with Crippen LogP contribution in [-0.2, 0) is 14.8 Å². The van der Waals surface area contributed by atoms with Crippen LogP contribution in [0.1, 0.15) is 57.7 Å². The first-order valence-corrected chi connectivity index (χ1v) is 13.5. The van der Waals surface area contributed by atoms with Crippen LogP contribution in [0.25, 0.3) is 0 Å². The lowest BCUT2D eigenvalue weighted by Gasteiger charge is -2.36. The number of rotatable bonds is 6. The lowest BCUT2D eigenvalue weighted by molar-refractivity contribution is 0.0136. The van der Waals surface area contributed by atoms with Gasteiger partial charge in [0.05, 0.1) is 17.8 Å². The van der Waals surface area contributed by atoms with Gasteiger partial charge in [0.25, 0.3) is 0 Å². The van der Waals surface area contributed by atoms with Gasteiger partial charge >= 0.3 is 6.09 Å². The zero-order valence-electron chi connectivity index (χ0n) is 21.2. The molecule has 0 spiro atoms. The Hall–Kier alpha value is -3.08. The Morgan fingerprint density at radius 1 is 1.17 bits per heavy atom. The summed E-state index contributed by atoms with van der Waals surface area (Å²) in [7, 11) is -3.34. The van der Waals surface area contributed by atoms with Crippen molar-refractivity contribution in [3.63, 3.8) is 0 Å². The molecule has 0 aromatic heterocycles. The number of hydrogen-bond acceptors (Lipinski definition) is 4. The first-order chi connectivity index (χ1) is 16.4. The number of hydrogen-bond donors (Lipinski definition) is 1. The van der Waals surface area contributed by atoms with Gasteiger partial charge in [-0.05, 0) is 45.4 Å². The number of nitrogens with one attached hydrogen (secondary N) is 1. The van der Waals surface area contributed by atoms with Crippen molar-refractivity contribution < 1.29 is 17.9 Å². The van der Waals surface area contributed by atoms with Crippen molar-refractivity contribution >= 4 is 16.1 Å². The van der Waals surface area contributed by atoms with E-state index in [1.807, 2.05) is 74.5 Å². The summed E-state index contributed by atoms with van der Waals surface area (Å²) in [5.41, 5.74) is 1.90. The molecule has 1 heterocycles. The summed E-state index contributed by atoms with van der Waals surface area (Å²) in [5.74, 6) is 5.93. The van der Waals surface area contributed by atoms with Crippen molar-refractivity contribution in [2.24, 2.45) is 0 Å². The van der Waals surface area contributed by atoms with Crippen molar-refractivity contribution in [2.45, 2.75) is 58.2 Å². The van der Waals surface area contributed by atoms with E-state index in [1.54, 1.807) is 18.7 Å². The van der Waals surface area contributed by atoms with Gasteiger partial charge in [-0.15, -0.1) is 6.58 Å². The van der Waals surface area contributed by atoms with Gasteiger partial charge in [0, 0.05) is 24.9 Å². The van der Waals surface area contributed by atoms with E-state index in [1.165, 1.54) is 0 Å². The molecule has 3 rings (SSSR count). The van der Waals surface area contributed by atoms with Crippen LogP contribution in [0.15, 0.2) is 72.8 Å². The van der Waals surface area contributed by atoms with E-state index in [-0.39, 0.29) is 18.2 Å². The summed E-state index contributed by atoms with van der Waals surface area (Å²) in [6, 6.07) is 19.5. The van der Waals surface area contributed by atoms with Crippen LogP contribution < -0.4 is 4.72 Å². The van der Waals surface area contributed by atoms with Gasteiger partial charge in [-0.3, -0.25) is 0 Å². The minimum absolute atomic E-state index is 0.0926. The monoisotopic (exact) mass is 496 g/mol. The third-order valence-corrected chi connectivity index (χ3v) is 6.14. The van der Waals surface area contributed by atoms with Crippen molar-refractivity contribution in [3.8, 4) is 11.8 Å². The molecule has 0 bridgehead atoms. The number of amides is 1. The lowest BCUT2D eigenvalue weighted by atomic mass is 10.0. The summed E-state index contributed by atoms with van der Waals surface area (Å²) in [6.07, 6.45) is 2.21. The van der Waals surface area contributed by atoms with Gasteiger partial charge in [0.15, 0.2) is 0 Å². The molecule has 2 aromatic carbocycles. The molecule has 35 heavy (non-hydrogen) atoms. The summed E-state index contributed by atoms with van der Waals surface area (Å²) in [5, 5.41) is 0. The number of cyclic esters (lactones) is 1. The van der Waals surface area contributed by atoms with E-state index in [2.05, 4.69) is 23.1 Å². The third-order valence-electron chi connectivity index (χ3n) is 5.26. The van der Waals surface area contributed by atoms with Crippen LogP contribution in [0.2, 0.25) is 0 Å². The van der Waals surface area contributed by atoms with E-state index in [9.17, 15) is 13.2 Å². The standard InChI is InChI=1S/C22H30N2O4S.C6H6/c1-16(2)15-20-12-14-24(21(25)28-20)17(3)19-9-7-18(8-10-19)11-13-22(4,5)23-29(6,26)27;1-2-4-6-5-3-1/h7-10,17,20,23H,1,12,14-15H2,2-6H3;1-6H. The highest BCUT2D eigenvalue weighted by atomic mass is 32.2. The fourth-order valence-electron chi connectivity index (χ4n) is 3.65. The van der Waals surface area contributed by atoms with E-state index in [4.69, 9.17) is 4.74 Å². The molecule has 1 aliphatic rings. The third kappa shape index (κ3) is 10.4. The van der Waals surface area contributed by atoms with E-state index < -0.39 is 15.6 Å². The molecule has 1 N–H and O–H groups in total. The molecular weight excluding hydrogens is 460 g/mol. The molecular formula is C28H36N2O4S. The fourth-order valence-corrected chi connectivity index (χ4v) is 4.63. The van der Waals surface area contributed by atoms with Crippen LogP contribution in [-0.4, -0.2) is 43.9 Å². The molecule has 6 nitrogen and oxygen atoms in total. The zero-order chi connectivity index (χ0) is 26.1. The zero-order valence-corrected chi connectivity index (χ0v) is 22.1. The first kappa shape index (κ1) is 28.2. The van der Waals surface area contributed by atoms with Crippen LogP contribution in [0.4, 0.5) is 4.79 Å². The Labute approximate surface area is 210 Å². The molecule has 188 valence electrons. The maximum absolute atomic E-state index is 12.4. The highest BCUT2D eigenvalue weighted by Crippen LogP contribution is 2.27. The second-order valence-corrected chi connectivity index (χ2v) is 11.1. The number of nitrogens with zero attached hydrogens (tertiary/aromatic N) is 1. The van der Waals surface area contributed by atoms with Gasteiger partial charge in [-0.1, -0.05) is 65.9 Å². The maximum atomic E-state index is 12.4. The van der Waals surface area contributed by atoms with Crippen LogP contribution in [0, 0.1) is 11.8 Å². The Morgan fingerprint density at radius 2 is 1.71 bits per heavy atom. The number of sulfonamides is 1. The maximum Gasteiger partial charge on any atom is 0.410 e. The number of ether oxygens (including phenoxy) is 1. The Kier molecular flexibility index (Phi) is 10.1. The molecule has 1 saturated heterocycles. The molecule has 0 radical (unpaired) electrons. The van der Waals surface area contributed by atoms with Gasteiger partial charge in [0.1, 0.15) is 6.10 Å². The average Bonchev–Trinajstić information content (AvgIpc) is 2.77. The Bertz CT molecular complexity index is 1120. The topological polar surface area (TPSA) is 75.7 Å². The average molecular weight is 497 g/mol. The Balaban J connectivity index is 0.000000625. The van der Waals surface area contributed by atoms with E-state index in [0.717, 1.165) is 29.4 Å². The summed E-state index contributed by atoms with van der Waals surface area (Å²) in [6.45, 7) is 11.9. The van der Waals surface area contributed by atoms with E-state index in [0.29, 0.717) is 13.0 Å². The largest absolute Gasteiger partial charge is 0.446 e. The molecule has 0 saturated carbocycles. The SMILES string of the molecule is C=C(C)CC1CCN(C(C)c2ccc(C#CC(C)(C)NS(C)(=O)=O)cc2)C(=O)O1.c1ccccc1. The summed E-state index contributed by atoms with van der Waals surface area (Å²) in [4.78, 5) is 14.1. The Morgan fingerprint density at radius 3 is 2.17 bits per heavy atom. The first-order valence-electron chi connectivity index (χ1n) is 11.6. The van der Waals surface area contributed by atoms with Crippen LogP contribution in [0.3, 0.4) is 0 Å². The van der Waals surface area contributed by atoms with Crippen LogP contribution >= 0.6 is 0 Å². The van der Waals surface area contributed by atoms with Crippen molar-refractivity contribution in [1.82, 2.24) is 9.62 Å². The predicted octanol–water partition coefficient (Wildman–Crippen LogP) is 5.29. The van der Waals surface area contributed by atoms with Gasteiger partial charge < -0.3 is 9.64 Å². The second kappa shape index (κ2) is 12.6. The molecule has 1 aliphatic heterocycles. The van der Waals surface area contributed by atoms with Crippen molar-refractivity contribution in [1.29, 1.82) is 0 Å². The minimum atomic E-state index is -3.34.